The number of benzene rings is 1. The Morgan fingerprint density at radius 2 is 2.07 bits per heavy atom. The zero-order valence-electron chi connectivity index (χ0n) is 8.31. The molecule has 15 heavy (non-hydrogen) atoms. The Morgan fingerprint density at radius 1 is 1.33 bits per heavy atom. The number of aromatic nitrogens is 3. The zero-order valence-corrected chi connectivity index (χ0v) is 9.90. The maximum atomic E-state index is 4.04. The molecule has 0 spiro atoms. The van der Waals surface area contributed by atoms with Gasteiger partial charge in [0.25, 0.3) is 0 Å². The fraction of sp³-hybridized carbons (Fsp3) is 0.200. The van der Waals surface area contributed by atoms with Crippen LogP contribution in [0.25, 0.3) is 5.69 Å². The van der Waals surface area contributed by atoms with Crippen molar-refractivity contribution in [3.63, 3.8) is 0 Å². The van der Waals surface area contributed by atoms with Crippen LogP contribution in [-0.2, 0) is 6.54 Å². The first-order valence-electron chi connectivity index (χ1n) is 4.60. The van der Waals surface area contributed by atoms with Crippen LogP contribution in [0.2, 0.25) is 0 Å². The number of hydrogen-bond donors (Lipinski definition) is 1. The van der Waals surface area contributed by atoms with E-state index in [9.17, 15) is 0 Å². The van der Waals surface area contributed by atoms with Gasteiger partial charge in [-0.3, -0.25) is 4.57 Å². The summed E-state index contributed by atoms with van der Waals surface area (Å²) in [6, 6.07) is 8.04. The number of nitrogens with zero attached hydrogens (tertiary/aromatic N) is 3. The summed E-state index contributed by atoms with van der Waals surface area (Å²) in [7, 11) is 1.89. The summed E-state index contributed by atoms with van der Waals surface area (Å²) < 4.78 is 3.03. The predicted octanol–water partition coefficient (Wildman–Crippen LogP) is 1.75. The van der Waals surface area contributed by atoms with Crippen LogP contribution in [-0.4, -0.2) is 21.8 Å². The van der Waals surface area contributed by atoms with Crippen LogP contribution >= 0.6 is 15.9 Å². The largest absolute Gasteiger partial charge is 0.313 e. The maximum Gasteiger partial charge on any atom is 0.151 e. The highest BCUT2D eigenvalue weighted by Gasteiger charge is 2.04. The molecule has 1 aromatic heterocycles. The van der Waals surface area contributed by atoms with Crippen LogP contribution in [0, 0.1) is 0 Å². The summed E-state index contributed by atoms with van der Waals surface area (Å²) in [5, 5.41) is 11.0. The topological polar surface area (TPSA) is 42.7 Å². The number of halogens is 1. The van der Waals surface area contributed by atoms with Crippen molar-refractivity contribution in [1.29, 1.82) is 0 Å². The van der Waals surface area contributed by atoms with Crippen molar-refractivity contribution in [1.82, 2.24) is 20.1 Å². The molecular formula is C10H11BrN4. The van der Waals surface area contributed by atoms with Gasteiger partial charge in [0.2, 0.25) is 0 Å². The summed E-state index contributed by atoms with van der Waals surface area (Å²) in [5.74, 6) is 0.903. The lowest BCUT2D eigenvalue weighted by molar-refractivity contribution is 0.737. The van der Waals surface area contributed by atoms with E-state index in [-0.39, 0.29) is 0 Å². The Kier molecular flexibility index (Phi) is 3.13. The average molecular weight is 267 g/mol. The van der Waals surface area contributed by atoms with E-state index in [0.717, 1.165) is 16.0 Å². The first-order valence-corrected chi connectivity index (χ1v) is 5.40. The van der Waals surface area contributed by atoms with Crippen LogP contribution in [0.1, 0.15) is 5.82 Å². The van der Waals surface area contributed by atoms with E-state index in [2.05, 4.69) is 31.4 Å². The van der Waals surface area contributed by atoms with E-state index in [1.807, 2.05) is 35.9 Å². The molecule has 0 aliphatic rings. The monoisotopic (exact) mass is 266 g/mol. The molecule has 0 atom stereocenters. The predicted molar refractivity (Wildman–Crippen MR) is 61.8 cm³/mol. The van der Waals surface area contributed by atoms with Crippen molar-refractivity contribution in [2.75, 3.05) is 7.05 Å². The standard InChI is InChI=1S/C10H11BrN4/c1-12-6-10-14-13-7-15(10)9-4-2-8(11)3-5-9/h2-5,7,12H,6H2,1H3. The maximum absolute atomic E-state index is 4.04. The second kappa shape index (κ2) is 4.55. The number of hydrogen-bond acceptors (Lipinski definition) is 3. The third-order valence-corrected chi connectivity index (χ3v) is 2.59. The minimum atomic E-state index is 0.704. The molecular weight excluding hydrogens is 256 g/mol. The quantitative estimate of drug-likeness (QED) is 0.921. The smallest absolute Gasteiger partial charge is 0.151 e. The minimum absolute atomic E-state index is 0.704. The van der Waals surface area contributed by atoms with Gasteiger partial charge < -0.3 is 5.32 Å². The molecule has 4 nitrogen and oxygen atoms in total. The lowest BCUT2D eigenvalue weighted by Gasteiger charge is -2.05. The zero-order chi connectivity index (χ0) is 10.7. The SMILES string of the molecule is CNCc1nncn1-c1ccc(Br)cc1. The molecule has 0 amide bonds. The second-order valence-electron chi connectivity index (χ2n) is 3.12. The Balaban J connectivity index is 2.36. The highest BCUT2D eigenvalue weighted by Crippen LogP contribution is 2.14. The Bertz CT molecular complexity index is 435. The van der Waals surface area contributed by atoms with Crippen molar-refractivity contribution in [2.45, 2.75) is 6.54 Å². The Morgan fingerprint density at radius 3 is 2.73 bits per heavy atom. The van der Waals surface area contributed by atoms with E-state index in [1.165, 1.54) is 0 Å². The van der Waals surface area contributed by atoms with Crippen molar-refractivity contribution >= 4 is 15.9 Å². The second-order valence-corrected chi connectivity index (χ2v) is 4.04. The molecule has 0 aliphatic heterocycles. The van der Waals surface area contributed by atoms with Crippen LogP contribution in [0.15, 0.2) is 35.1 Å². The van der Waals surface area contributed by atoms with Crippen LogP contribution in [0.5, 0.6) is 0 Å². The summed E-state index contributed by atoms with van der Waals surface area (Å²) in [6.07, 6.45) is 1.72. The Labute approximate surface area is 96.5 Å². The summed E-state index contributed by atoms with van der Waals surface area (Å²) in [4.78, 5) is 0. The molecule has 0 saturated carbocycles. The van der Waals surface area contributed by atoms with Gasteiger partial charge >= 0.3 is 0 Å². The third kappa shape index (κ3) is 2.24. The van der Waals surface area contributed by atoms with Gasteiger partial charge in [0.15, 0.2) is 5.82 Å². The normalized spacial score (nSPS) is 10.5. The number of nitrogens with one attached hydrogen (secondary N) is 1. The van der Waals surface area contributed by atoms with E-state index in [4.69, 9.17) is 0 Å². The molecule has 0 aliphatic carbocycles. The van der Waals surface area contributed by atoms with Gasteiger partial charge in [0.1, 0.15) is 6.33 Å². The fourth-order valence-corrected chi connectivity index (χ4v) is 1.62. The van der Waals surface area contributed by atoms with Crippen molar-refractivity contribution in [3.8, 4) is 5.69 Å². The highest BCUT2D eigenvalue weighted by molar-refractivity contribution is 9.10. The van der Waals surface area contributed by atoms with Gasteiger partial charge in [0.05, 0.1) is 6.54 Å². The van der Waals surface area contributed by atoms with Gasteiger partial charge in [-0.1, -0.05) is 15.9 Å². The van der Waals surface area contributed by atoms with E-state index in [1.54, 1.807) is 6.33 Å². The summed E-state index contributed by atoms with van der Waals surface area (Å²) in [6.45, 7) is 0.704. The molecule has 2 rings (SSSR count). The molecule has 78 valence electrons. The van der Waals surface area contributed by atoms with E-state index in [0.29, 0.717) is 6.54 Å². The molecule has 1 N–H and O–H groups in total. The molecule has 5 heteroatoms. The van der Waals surface area contributed by atoms with Crippen LogP contribution < -0.4 is 5.32 Å². The first kappa shape index (κ1) is 10.3. The molecule has 0 radical (unpaired) electrons. The molecule has 2 aromatic rings. The molecule has 0 unspecified atom stereocenters. The molecule has 1 heterocycles. The lowest BCUT2D eigenvalue weighted by atomic mass is 10.3. The first-order chi connectivity index (χ1) is 7.31. The third-order valence-electron chi connectivity index (χ3n) is 2.06. The van der Waals surface area contributed by atoms with E-state index < -0.39 is 0 Å². The van der Waals surface area contributed by atoms with Crippen LogP contribution in [0.4, 0.5) is 0 Å². The van der Waals surface area contributed by atoms with E-state index >= 15 is 0 Å². The van der Waals surface area contributed by atoms with Crippen molar-refractivity contribution in [3.05, 3.63) is 40.9 Å². The van der Waals surface area contributed by atoms with Gasteiger partial charge in [0, 0.05) is 10.2 Å². The van der Waals surface area contributed by atoms with Crippen molar-refractivity contribution < 1.29 is 0 Å². The molecule has 0 fully saturated rings. The molecule has 0 saturated heterocycles. The lowest BCUT2D eigenvalue weighted by Crippen LogP contribution is -2.11. The van der Waals surface area contributed by atoms with Gasteiger partial charge in [-0.25, -0.2) is 0 Å². The molecule has 0 bridgehead atoms. The van der Waals surface area contributed by atoms with Gasteiger partial charge in [-0.15, -0.1) is 10.2 Å². The van der Waals surface area contributed by atoms with Crippen LogP contribution in [0.3, 0.4) is 0 Å². The van der Waals surface area contributed by atoms with Crippen molar-refractivity contribution in [2.24, 2.45) is 0 Å². The van der Waals surface area contributed by atoms with Gasteiger partial charge in [-0.05, 0) is 31.3 Å². The summed E-state index contributed by atoms with van der Waals surface area (Å²) in [5.41, 5.74) is 1.06. The summed E-state index contributed by atoms with van der Waals surface area (Å²) >= 11 is 3.41. The highest BCUT2D eigenvalue weighted by atomic mass is 79.9. The van der Waals surface area contributed by atoms with Gasteiger partial charge in [-0.2, -0.15) is 0 Å². The fourth-order valence-electron chi connectivity index (χ4n) is 1.35. The molecule has 1 aromatic carbocycles. The average Bonchev–Trinajstić information content (AvgIpc) is 2.68. The minimum Gasteiger partial charge on any atom is -0.313 e. The Hall–Kier alpha value is -1.20. The number of rotatable bonds is 3.